The van der Waals surface area contributed by atoms with Crippen LogP contribution in [0.5, 0.6) is 0 Å². The minimum atomic E-state index is -1.01. The number of halogens is 2. The number of carboxylic acid groups (broad SMARTS) is 1. The van der Waals surface area contributed by atoms with Crippen LogP contribution in [0.4, 0.5) is 4.39 Å². The van der Waals surface area contributed by atoms with Gasteiger partial charge in [0.15, 0.2) is 0 Å². The molecule has 0 aliphatic rings. The number of hydrogen-bond donors (Lipinski definition) is 1. The molecule has 1 N–H and O–H groups in total. The van der Waals surface area contributed by atoms with E-state index < -0.39 is 17.2 Å². The zero-order valence-electron chi connectivity index (χ0n) is 10.7. The Labute approximate surface area is 112 Å². The van der Waals surface area contributed by atoms with Gasteiger partial charge in [0.25, 0.3) is 0 Å². The minimum absolute atomic E-state index is 0.194. The van der Waals surface area contributed by atoms with Gasteiger partial charge in [-0.1, -0.05) is 44.4 Å². The first-order valence-electron chi connectivity index (χ1n) is 6.17. The summed E-state index contributed by atoms with van der Waals surface area (Å²) >= 11 is 6.03. The topological polar surface area (TPSA) is 37.3 Å². The maximum atomic E-state index is 13.1. The summed E-state index contributed by atoms with van der Waals surface area (Å²) in [7, 11) is 0. The number of hydrogen-bond acceptors (Lipinski definition) is 1. The highest BCUT2D eigenvalue weighted by Crippen LogP contribution is 2.38. The summed E-state index contributed by atoms with van der Waals surface area (Å²) in [5, 5.41) is 9.77. The molecule has 2 nitrogen and oxygen atoms in total. The first kappa shape index (κ1) is 15.0. The predicted octanol–water partition coefficient (Wildman–Crippen LogP) is 4.40. The standard InChI is InChI=1S/C14H18ClFO2/c1-3-7-14(8-4-2,13(17)18)11-6-5-10(16)9-12(11)15/h5-6,9H,3-4,7-8H2,1-2H3,(H,17,18). The van der Waals surface area contributed by atoms with Crippen molar-refractivity contribution in [3.8, 4) is 0 Å². The summed E-state index contributed by atoms with van der Waals surface area (Å²) in [4.78, 5) is 11.7. The molecule has 18 heavy (non-hydrogen) atoms. The Balaban J connectivity index is 3.35. The molecule has 0 saturated carbocycles. The molecule has 0 atom stereocenters. The van der Waals surface area contributed by atoms with Gasteiger partial charge in [0.1, 0.15) is 5.82 Å². The number of benzene rings is 1. The Morgan fingerprint density at radius 2 is 1.89 bits per heavy atom. The highest BCUT2D eigenvalue weighted by Gasteiger charge is 2.40. The third kappa shape index (κ3) is 2.83. The molecule has 0 spiro atoms. The van der Waals surface area contributed by atoms with Crippen molar-refractivity contribution in [1.29, 1.82) is 0 Å². The van der Waals surface area contributed by atoms with Crippen molar-refractivity contribution in [2.75, 3.05) is 0 Å². The molecule has 0 radical (unpaired) electrons. The third-order valence-electron chi connectivity index (χ3n) is 3.21. The van der Waals surface area contributed by atoms with E-state index in [1.54, 1.807) is 0 Å². The average Bonchev–Trinajstić information content (AvgIpc) is 2.28. The zero-order valence-corrected chi connectivity index (χ0v) is 11.4. The van der Waals surface area contributed by atoms with E-state index in [0.29, 0.717) is 18.4 Å². The largest absolute Gasteiger partial charge is 0.481 e. The van der Waals surface area contributed by atoms with Crippen LogP contribution in [0.2, 0.25) is 5.02 Å². The summed E-state index contributed by atoms with van der Waals surface area (Å²) in [5.41, 5.74) is -0.490. The van der Waals surface area contributed by atoms with Crippen molar-refractivity contribution < 1.29 is 14.3 Å². The number of carbonyl (C=O) groups is 1. The SMILES string of the molecule is CCCC(CCC)(C(=O)O)c1ccc(F)cc1Cl. The average molecular weight is 273 g/mol. The molecule has 0 amide bonds. The van der Waals surface area contributed by atoms with Gasteiger partial charge >= 0.3 is 5.97 Å². The normalized spacial score (nSPS) is 11.6. The number of rotatable bonds is 6. The molecule has 4 heteroatoms. The first-order valence-corrected chi connectivity index (χ1v) is 6.54. The summed E-state index contributed by atoms with van der Waals surface area (Å²) < 4.78 is 13.1. The second kappa shape index (κ2) is 6.19. The zero-order chi connectivity index (χ0) is 13.8. The van der Waals surface area contributed by atoms with Crippen LogP contribution in [0, 0.1) is 5.82 Å². The van der Waals surface area contributed by atoms with E-state index in [4.69, 9.17) is 11.6 Å². The summed E-state index contributed by atoms with van der Waals surface area (Å²) in [6.07, 6.45) is 2.48. The molecule has 1 aromatic rings. The molecule has 0 aromatic heterocycles. The van der Waals surface area contributed by atoms with Crippen LogP contribution in [0.25, 0.3) is 0 Å². The van der Waals surface area contributed by atoms with Gasteiger partial charge in [-0.05, 0) is 30.5 Å². The van der Waals surface area contributed by atoms with Crippen LogP contribution in [0.3, 0.4) is 0 Å². The van der Waals surface area contributed by atoms with Crippen LogP contribution >= 0.6 is 11.6 Å². The van der Waals surface area contributed by atoms with Gasteiger partial charge in [0, 0.05) is 5.02 Å². The van der Waals surface area contributed by atoms with Crippen molar-refractivity contribution in [1.82, 2.24) is 0 Å². The summed E-state index contributed by atoms with van der Waals surface area (Å²) in [5.74, 6) is -1.34. The Bertz CT molecular complexity index is 426. The van der Waals surface area contributed by atoms with Gasteiger partial charge in [-0.2, -0.15) is 0 Å². The lowest BCUT2D eigenvalue weighted by molar-refractivity contribution is -0.144. The molecule has 0 fully saturated rings. The van der Waals surface area contributed by atoms with Gasteiger partial charge < -0.3 is 5.11 Å². The van der Waals surface area contributed by atoms with Gasteiger partial charge in [0.2, 0.25) is 0 Å². The highest BCUT2D eigenvalue weighted by atomic mass is 35.5. The quantitative estimate of drug-likeness (QED) is 0.833. The van der Waals surface area contributed by atoms with Crippen molar-refractivity contribution in [2.45, 2.75) is 44.9 Å². The van der Waals surface area contributed by atoms with Crippen molar-refractivity contribution in [3.05, 3.63) is 34.6 Å². The lowest BCUT2D eigenvalue weighted by Crippen LogP contribution is -2.36. The number of aliphatic carboxylic acids is 1. The smallest absolute Gasteiger partial charge is 0.314 e. The van der Waals surface area contributed by atoms with E-state index in [1.165, 1.54) is 18.2 Å². The molecule has 0 aliphatic heterocycles. The molecular formula is C14H18ClFO2. The van der Waals surface area contributed by atoms with Crippen molar-refractivity contribution in [2.24, 2.45) is 0 Å². The second-order valence-electron chi connectivity index (χ2n) is 4.51. The molecule has 0 unspecified atom stereocenters. The van der Waals surface area contributed by atoms with Crippen molar-refractivity contribution in [3.63, 3.8) is 0 Å². The van der Waals surface area contributed by atoms with E-state index in [0.717, 1.165) is 12.8 Å². The van der Waals surface area contributed by atoms with Crippen LogP contribution in [-0.2, 0) is 10.2 Å². The Kier molecular flexibility index (Phi) is 5.15. The van der Waals surface area contributed by atoms with Gasteiger partial charge in [-0.25, -0.2) is 4.39 Å². The van der Waals surface area contributed by atoms with Crippen molar-refractivity contribution >= 4 is 17.6 Å². The second-order valence-corrected chi connectivity index (χ2v) is 4.92. The van der Waals surface area contributed by atoms with Crippen LogP contribution in [0.15, 0.2) is 18.2 Å². The van der Waals surface area contributed by atoms with Gasteiger partial charge in [-0.3, -0.25) is 4.79 Å². The monoisotopic (exact) mass is 272 g/mol. The molecular weight excluding hydrogens is 255 g/mol. The molecule has 1 aromatic carbocycles. The highest BCUT2D eigenvalue weighted by molar-refractivity contribution is 6.31. The molecule has 100 valence electrons. The van der Waals surface area contributed by atoms with E-state index in [1.807, 2.05) is 13.8 Å². The maximum absolute atomic E-state index is 13.1. The molecule has 0 saturated heterocycles. The molecule has 1 rings (SSSR count). The summed E-state index contributed by atoms with van der Waals surface area (Å²) in [6, 6.07) is 3.95. The first-order chi connectivity index (χ1) is 8.47. The van der Waals surface area contributed by atoms with Crippen LogP contribution in [0.1, 0.15) is 45.1 Å². The van der Waals surface area contributed by atoms with E-state index in [-0.39, 0.29) is 5.02 Å². The Hall–Kier alpha value is -1.09. The molecule has 0 bridgehead atoms. The van der Waals surface area contributed by atoms with Crippen LogP contribution < -0.4 is 0 Å². The third-order valence-corrected chi connectivity index (χ3v) is 3.52. The number of carboxylic acids is 1. The fourth-order valence-corrected chi connectivity index (χ4v) is 2.80. The predicted molar refractivity (Wildman–Crippen MR) is 70.5 cm³/mol. The molecule has 0 aliphatic carbocycles. The molecule has 0 heterocycles. The fraction of sp³-hybridized carbons (Fsp3) is 0.500. The van der Waals surface area contributed by atoms with Crippen LogP contribution in [-0.4, -0.2) is 11.1 Å². The van der Waals surface area contributed by atoms with Gasteiger partial charge in [0.05, 0.1) is 5.41 Å². The van der Waals surface area contributed by atoms with Gasteiger partial charge in [-0.15, -0.1) is 0 Å². The lowest BCUT2D eigenvalue weighted by atomic mass is 9.73. The fourth-order valence-electron chi connectivity index (χ4n) is 2.45. The Morgan fingerprint density at radius 3 is 2.28 bits per heavy atom. The van der Waals surface area contributed by atoms with E-state index >= 15 is 0 Å². The minimum Gasteiger partial charge on any atom is -0.481 e. The lowest BCUT2D eigenvalue weighted by Gasteiger charge is -2.30. The Morgan fingerprint density at radius 1 is 1.33 bits per heavy atom. The maximum Gasteiger partial charge on any atom is 0.314 e. The van der Waals surface area contributed by atoms with E-state index in [9.17, 15) is 14.3 Å². The summed E-state index contributed by atoms with van der Waals surface area (Å²) in [6.45, 7) is 3.87. The van der Waals surface area contributed by atoms with E-state index in [2.05, 4.69) is 0 Å².